The second-order valence-electron chi connectivity index (χ2n) is 5.15. The van der Waals surface area contributed by atoms with Crippen LogP contribution >= 0.6 is 0 Å². The Balaban J connectivity index is 2.32. The molecule has 2 aromatic carbocycles. The number of anilines is 1. The van der Waals surface area contributed by atoms with Crippen LogP contribution in [0.5, 0.6) is 0 Å². The number of rotatable bonds is 5. The number of alkyl halides is 3. The Hall–Kier alpha value is -2.88. The number of nitrogens with zero attached hydrogens (tertiary/aromatic N) is 1. The molecule has 0 unspecified atom stereocenters. The zero-order valence-electron chi connectivity index (χ0n) is 14.0. The first-order valence-electron chi connectivity index (χ1n) is 7.65. The van der Waals surface area contributed by atoms with Crippen LogP contribution < -0.4 is 5.32 Å². The molecule has 0 radical (unpaired) electrons. The monoisotopic (exact) mass is 400 g/mol. The fourth-order valence-corrected chi connectivity index (χ4v) is 2.95. The molecule has 0 aliphatic carbocycles. The van der Waals surface area contributed by atoms with Gasteiger partial charge in [-0.3, -0.25) is 0 Å². The number of carbonyl (C=O) groups excluding carboxylic acids is 1. The van der Waals surface area contributed by atoms with Crippen molar-refractivity contribution in [2.24, 2.45) is 4.40 Å². The maximum absolute atomic E-state index is 13.2. The van der Waals surface area contributed by atoms with Gasteiger partial charge in [-0.1, -0.05) is 18.2 Å². The van der Waals surface area contributed by atoms with Crippen molar-refractivity contribution in [2.75, 3.05) is 11.9 Å². The molecule has 0 saturated heterocycles. The Bertz CT molecular complexity index is 925. The zero-order valence-corrected chi connectivity index (χ0v) is 14.8. The molecular formula is C17H15F3N2O4S. The molecule has 1 N–H and O–H groups in total. The number of nitrogens with one attached hydrogen (secondary N) is 1. The first-order valence-corrected chi connectivity index (χ1v) is 9.09. The van der Waals surface area contributed by atoms with E-state index in [9.17, 15) is 26.4 Å². The summed E-state index contributed by atoms with van der Waals surface area (Å²) >= 11 is 0. The highest BCUT2D eigenvalue weighted by molar-refractivity contribution is 7.90. The first-order chi connectivity index (χ1) is 12.6. The van der Waals surface area contributed by atoms with Crippen molar-refractivity contribution in [1.82, 2.24) is 0 Å². The van der Waals surface area contributed by atoms with Gasteiger partial charge in [0.25, 0.3) is 10.0 Å². The van der Waals surface area contributed by atoms with E-state index in [4.69, 9.17) is 4.74 Å². The Kier molecular flexibility index (Phi) is 6.21. The van der Waals surface area contributed by atoms with Crippen LogP contribution in [-0.4, -0.2) is 33.0 Å². The van der Waals surface area contributed by atoms with E-state index >= 15 is 0 Å². The Morgan fingerprint density at radius 1 is 1.07 bits per heavy atom. The maximum atomic E-state index is 13.2. The number of hydrogen-bond acceptors (Lipinski definition) is 4. The van der Waals surface area contributed by atoms with Crippen LogP contribution in [0.2, 0.25) is 0 Å². The summed E-state index contributed by atoms with van der Waals surface area (Å²) in [7, 11) is -4.56. The molecule has 0 saturated carbocycles. The van der Waals surface area contributed by atoms with Gasteiger partial charge < -0.3 is 10.1 Å². The molecule has 0 heterocycles. The lowest BCUT2D eigenvalue weighted by atomic mass is 10.2. The lowest BCUT2D eigenvalue weighted by molar-refractivity contribution is -0.0585. The highest BCUT2D eigenvalue weighted by Gasteiger charge is 2.38. The Labute approximate surface area is 153 Å². The average molecular weight is 400 g/mol. The minimum absolute atomic E-state index is 0.0950. The van der Waals surface area contributed by atoms with Gasteiger partial charge in [0.15, 0.2) is 0 Å². The first kappa shape index (κ1) is 20.4. The fourth-order valence-electron chi connectivity index (χ4n) is 1.95. The summed E-state index contributed by atoms with van der Waals surface area (Å²) in [6, 6.07) is 11.4. The molecule has 0 atom stereocenters. The minimum atomic E-state index is -5.04. The number of sulfonamides is 1. The fraction of sp³-hybridized carbons (Fsp3) is 0.176. The molecule has 6 nitrogen and oxygen atoms in total. The molecule has 0 fully saturated rings. The number of halogens is 3. The van der Waals surface area contributed by atoms with Gasteiger partial charge in [-0.2, -0.15) is 21.6 Å². The van der Waals surface area contributed by atoms with Gasteiger partial charge in [0.05, 0.1) is 17.1 Å². The smallest absolute Gasteiger partial charge is 0.450 e. The lowest BCUT2D eigenvalue weighted by Crippen LogP contribution is -2.31. The Morgan fingerprint density at radius 2 is 1.67 bits per heavy atom. The quantitative estimate of drug-likeness (QED) is 0.471. The third kappa shape index (κ3) is 5.55. The van der Waals surface area contributed by atoms with Crippen LogP contribution in [0.4, 0.5) is 18.9 Å². The zero-order chi connectivity index (χ0) is 20.1. The highest BCUT2D eigenvalue weighted by atomic mass is 32.2. The predicted octanol–water partition coefficient (Wildman–Crippen LogP) is 3.62. The van der Waals surface area contributed by atoms with Crippen LogP contribution in [0, 0.1) is 0 Å². The highest BCUT2D eigenvalue weighted by Crippen LogP contribution is 2.23. The van der Waals surface area contributed by atoms with Crippen molar-refractivity contribution in [3.63, 3.8) is 0 Å². The number of hydrogen-bond donors (Lipinski definition) is 1. The van der Waals surface area contributed by atoms with Crippen LogP contribution in [0.1, 0.15) is 17.3 Å². The van der Waals surface area contributed by atoms with E-state index in [0.717, 1.165) is 12.1 Å². The number of benzene rings is 2. The summed E-state index contributed by atoms with van der Waals surface area (Å²) in [4.78, 5) is 11.2. The predicted molar refractivity (Wildman–Crippen MR) is 93.1 cm³/mol. The number of carbonyl (C=O) groups is 1. The third-order valence-electron chi connectivity index (χ3n) is 3.18. The molecule has 0 aliphatic rings. The molecule has 0 aliphatic heterocycles. The number of ether oxygens (including phenoxy) is 1. The molecule has 27 heavy (non-hydrogen) atoms. The molecule has 144 valence electrons. The summed E-state index contributed by atoms with van der Waals surface area (Å²) in [5, 5.41) is 1.94. The standard InChI is InChI=1S/C17H15F3N2O4S/c1-2-26-15(23)12-8-10-13(11-9-12)21-16(17(18,19)20)22-27(24,25)14-6-4-3-5-7-14/h3-11H,2H2,1H3,(H,21,22). The van der Waals surface area contributed by atoms with Crippen LogP contribution in [0.15, 0.2) is 63.9 Å². The van der Waals surface area contributed by atoms with E-state index in [1.54, 1.807) is 6.92 Å². The molecule has 0 bridgehead atoms. The molecule has 0 aromatic heterocycles. The van der Waals surface area contributed by atoms with Crippen molar-refractivity contribution < 1.29 is 31.1 Å². The van der Waals surface area contributed by atoms with Gasteiger partial charge in [-0.15, -0.1) is 4.40 Å². The largest absolute Gasteiger partial charge is 0.462 e. The summed E-state index contributed by atoms with van der Waals surface area (Å²) in [5.41, 5.74) is 0.0483. The molecule has 10 heteroatoms. The molecule has 0 amide bonds. The van der Waals surface area contributed by atoms with Crippen molar-refractivity contribution in [2.45, 2.75) is 18.0 Å². The van der Waals surface area contributed by atoms with Gasteiger partial charge in [0.1, 0.15) is 0 Å². The van der Waals surface area contributed by atoms with E-state index in [0.29, 0.717) is 0 Å². The lowest BCUT2D eigenvalue weighted by Gasteiger charge is -2.13. The van der Waals surface area contributed by atoms with Crippen molar-refractivity contribution >= 4 is 27.5 Å². The SMILES string of the molecule is CCOC(=O)c1ccc(N/C(=N/S(=O)(=O)c2ccccc2)C(F)(F)F)cc1. The Morgan fingerprint density at radius 3 is 2.19 bits per heavy atom. The average Bonchev–Trinajstić information content (AvgIpc) is 2.62. The van der Waals surface area contributed by atoms with Crippen molar-refractivity contribution in [1.29, 1.82) is 0 Å². The van der Waals surface area contributed by atoms with Crippen molar-refractivity contribution in [3.05, 3.63) is 60.2 Å². The minimum Gasteiger partial charge on any atom is -0.462 e. The molecule has 0 spiro atoms. The van der Waals surface area contributed by atoms with E-state index in [-0.39, 0.29) is 22.8 Å². The van der Waals surface area contributed by atoms with Crippen molar-refractivity contribution in [3.8, 4) is 0 Å². The van der Waals surface area contributed by atoms with E-state index < -0.39 is 28.0 Å². The molecule has 2 aromatic rings. The van der Waals surface area contributed by atoms with Gasteiger partial charge in [-0.25, -0.2) is 4.79 Å². The van der Waals surface area contributed by atoms with Crippen LogP contribution in [-0.2, 0) is 14.8 Å². The maximum Gasteiger partial charge on any atom is 0.450 e. The van der Waals surface area contributed by atoms with E-state index in [1.807, 2.05) is 5.32 Å². The van der Waals surface area contributed by atoms with E-state index in [2.05, 4.69) is 4.40 Å². The molecular weight excluding hydrogens is 385 g/mol. The normalized spacial score (nSPS) is 12.5. The van der Waals surface area contributed by atoms with Crippen LogP contribution in [0.3, 0.4) is 0 Å². The topological polar surface area (TPSA) is 84.8 Å². The summed E-state index contributed by atoms with van der Waals surface area (Å²) in [6.07, 6.45) is -5.04. The third-order valence-corrected chi connectivity index (χ3v) is 4.47. The second-order valence-corrected chi connectivity index (χ2v) is 6.75. The van der Waals surface area contributed by atoms with Crippen LogP contribution in [0.25, 0.3) is 0 Å². The summed E-state index contributed by atoms with van der Waals surface area (Å²) in [6.45, 7) is 1.77. The van der Waals surface area contributed by atoms with Gasteiger partial charge >= 0.3 is 12.1 Å². The summed E-state index contributed by atoms with van der Waals surface area (Å²) in [5.74, 6) is -2.32. The molecule has 2 rings (SSSR count). The number of amidine groups is 1. The van der Waals surface area contributed by atoms with Gasteiger partial charge in [0.2, 0.25) is 5.84 Å². The van der Waals surface area contributed by atoms with Gasteiger partial charge in [0, 0.05) is 5.69 Å². The second kappa shape index (κ2) is 8.21. The summed E-state index contributed by atoms with van der Waals surface area (Å²) < 4.78 is 71.6. The van der Waals surface area contributed by atoms with E-state index in [1.165, 1.54) is 42.5 Å². The van der Waals surface area contributed by atoms with Gasteiger partial charge in [-0.05, 0) is 43.3 Å². The number of esters is 1.